The molecule has 1 N–H and O–H groups in total. The molecule has 0 aromatic carbocycles. The maximum atomic E-state index is 5.91. The minimum Gasteiger partial charge on any atom is -0.489 e. The quantitative estimate of drug-likeness (QED) is 0.747. The second kappa shape index (κ2) is 7.49. The molecular weight excluding hydrogens is 334 g/mol. The van der Waals surface area contributed by atoms with Gasteiger partial charge in [-0.1, -0.05) is 11.2 Å². The Kier molecular flexibility index (Phi) is 4.74. The first-order chi connectivity index (χ1) is 12.8. The van der Waals surface area contributed by atoms with Gasteiger partial charge in [-0.2, -0.15) is 0 Å². The topological polar surface area (TPSA) is 95.2 Å². The van der Waals surface area contributed by atoms with Gasteiger partial charge >= 0.3 is 6.01 Å². The Morgan fingerprint density at radius 3 is 2.77 bits per heavy atom. The Morgan fingerprint density at radius 1 is 1.12 bits per heavy atom. The zero-order valence-electron chi connectivity index (χ0n) is 14.4. The Hall–Kier alpha value is -3.00. The van der Waals surface area contributed by atoms with Crippen molar-refractivity contribution in [3.05, 3.63) is 42.2 Å². The zero-order chi connectivity index (χ0) is 17.8. The van der Waals surface area contributed by atoms with Gasteiger partial charge in [-0.05, 0) is 30.7 Å². The lowest BCUT2D eigenvalue weighted by Gasteiger charge is -2.23. The van der Waals surface area contributed by atoms with Crippen molar-refractivity contribution < 1.29 is 13.9 Å². The number of rotatable bonds is 5. The Morgan fingerprint density at radius 2 is 2.00 bits per heavy atom. The van der Waals surface area contributed by atoms with Crippen molar-refractivity contribution in [1.82, 2.24) is 20.2 Å². The molecule has 0 saturated carbocycles. The van der Waals surface area contributed by atoms with E-state index in [1.807, 2.05) is 25.1 Å². The van der Waals surface area contributed by atoms with Gasteiger partial charge in [0.2, 0.25) is 0 Å². The van der Waals surface area contributed by atoms with E-state index < -0.39 is 0 Å². The lowest BCUT2D eigenvalue weighted by Crippen LogP contribution is -2.25. The molecule has 0 spiro atoms. The lowest BCUT2D eigenvalue weighted by atomic mass is 10.1. The number of anilines is 2. The van der Waals surface area contributed by atoms with Gasteiger partial charge < -0.3 is 13.9 Å². The number of aromatic nitrogens is 4. The number of pyridine rings is 2. The summed E-state index contributed by atoms with van der Waals surface area (Å²) in [4.78, 5) is 8.60. The van der Waals surface area contributed by atoms with Crippen LogP contribution in [-0.4, -0.2) is 39.5 Å². The maximum Gasteiger partial charge on any atom is 0.321 e. The SMILES string of the molecule is Cc1cccnc1Nc1nnc(-c2ccc(OC3CCOCC3)cn2)o1. The fraction of sp³-hybridized carbons (Fsp3) is 0.333. The van der Waals surface area contributed by atoms with E-state index in [4.69, 9.17) is 13.9 Å². The fourth-order valence-electron chi connectivity index (χ4n) is 2.66. The smallest absolute Gasteiger partial charge is 0.321 e. The summed E-state index contributed by atoms with van der Waals surface area (Å²) in [5.41, 5.74) is 1.57. The summed E-state index contributed by atoms with van der Waals surface area (Å²) in [6, 6.07) is 7.75. The van der Waals surface area contributed by atoms with E-state index in [9.17, 15) is 0 Å². The Balaban J connectivity index is 1.43. The highest BCUT2D eigenvalue weighted by atomic mass is 16.5. The molecule has 1 saturated heterocycles. The molecule has 3 aromatic heterocycles. The molecule has 8 nitrogen and oxygen atoms in total. The molecule has 1 aliphatic heterocycles. The van der Waals surface area contributed by atoms with Crippen LogP contribution in [0.1, 0.15) is 18.4 Å². The van der Waals surface area contributed by atoms with Gasteiger partial charge in [-0.15, -0.1) is 5.10 Å². The van der Waals surface area contributed by atoms with E-state index in [0.717, 1.165) is 37.4 Å². The number of hydrogen-bond acceptors (Lipinski definition) is 8. The maximum absolute atomic E-state index is 5.91. The first-order valence-electron chi connectivity index (χ1n) is 8.51. The molecule has 134 valence electrons. The molecule has 3 aromatic rings. The van der Waals surface area contributed by atoms with E-state index in [2.05, 4.69) is 25.5 Å². The van der Waals surface area contributed by atoms with Gasteiger partial charge in [-0.3, -0.25) is 5.32 Å². The molecule has 4 rings (SSSR count). The van der Waals surface area contributed by atoms with Crippen molar-refractivity contribution in [2.75, 3.05) is 18.5 Å². The van der Waals surface area contributed by atoms with Crippen LogP contribution in [0, 0.1) is 6.92 Å². The van der Waals surface area contributed by atoms with Crippen LogP contribution in [0.25, 0.3) is 11.6 Å². The number of aryl methyl sites for hydroxylation is 1. The normalized spacial score (nSPS) is 15.0. The second-order valence-corrected chi connectivity index (χ2v) is 6.01. The number of hydrogen-bond donors (Lipinski definition) is 1. The monoisotopic (exact) mass is 353 g/mol. The second-order valence-electron chi connectivity index (χ2n) is 6.01. The first-order valence-corrected chi connectivity index (χ1v) is 8.51. The van der Waals surface area contributed by atoms with Crippen molar-refractivity contribution in [3.8, 4) is 17.3 Å². The summed E-state index contributed by atoms with van der Waals surface area (Å²) in [5, 5.41) is 11.0. The Labute approximate surface area is 150 Å². The van der Waals surface area contributed by atoms with Crippen molar-refractivity contribution in [2.45, 2.75) is 25.9 Å². The average Bonchev–Trinajstić information content (AvgIpc) is 3.14. The van der Waals surface area contributed by atoms with Crippen LogP contribution < -0.4 is 10.1 Å². The third-order valence-electron chi connectivity index (χ3n) is 4.09. The molecule has 8 heteroatoms. The molecule has 1 aliphatic rings. The van der Waals surface area contributed by atoms with Gasteiger partial charge in [0.05, 0.1) is 19.4 Å². The molecule has 0 radical (unpaired) electrons. The third-order valence-corrected chi connectivity index (χ3v) is 4.09. The van der Waals surface area contributed by atoms with E-state index in [0.29, 0.717) is 17.4 Å². The fourth-order valence-corrected chi connectivity index (χ4v) is 2.66. The van der Waals surface area contributed by atoms with Crippen LogP contribution in [0.5, 0.6) is 5.75 Å². The van der Waals surface area contributed by atoms with Crippen molar-refractivity contribution in [1.29, 1.82) is 0 Å². The summed E-state index contributed by atoms with van der Waals surface area (Å²) in [6.07, 6.45) is 5.34. The predicted octanol–water partition coefficient (Wildman–Crippen LogP) is 3.14. The third kappa shape index (κ3) is 3.80. The molecule has 0 bridgehead atoms. The molecule has 0 aliphatic carbocycles. The van der Waals surface area contributed by atoms with Gasteiger partial charge in [-0.25, -0.2) is 9.97 Å². The van der Waals surface area contributed by atoms with E-state index in [1.54, 1.807) is 18.5 Å². The van der Waals surface area contributed by atoms with Crippen molar-refractivity contribution >= 4 is 11.8 Å². The molecule has 0 unspecified atom stereocenters. The van der Waals surface area contributed by atoms with Crippen LogP contribution >= 0.6 is 0 Å². The van der Waals surface area contributed by atoms with E-state index in [-0.39, 0.29) is 12.1 Å². The first kappa shape index (κ1) is 16.5. The Bertz CT molecular complexity index is 859. The number of nitrogens with zero attached hydrogens (tertiary/aromatic N) is 4. The number of nitrogens with one attached hydrogen (secondary N) is 1. The summed E-state index contributed by atoms with van der Waals surface area (Å²) >= 11 is 0. The van der Waals surface area contributed by atoms with Crippen LogP contribution in [0.15, 0.2) is 41.1 Å². The largest absolute Gasteiger partial charge is 0.489 e. The van der Waals surface area contributed by atoms with Crippen LogP contribution in [0.4, 0.5) is 11.8 Å². The van der Waals surface area contributed by atoms with Crippen molar-refractivity contribution in [2.24, 2.45) is 0 Å². The summed E-state index contributed by atoms with van der Waals surface area (Å²) < 4.78 is 16.9. The minimum absolute atomic E-state index is 0.178. The van der Waals surface area contributed by atoms with Gasteiger partial charge in [0.15, 0.2) is 0 Å². The highest BCUT2D eigenvalue weighted by Gasteiger charge is 2.16. The van der Waals surface area contributed by atoms with Gasteiger partial charge in [0.1, 0.15) is 23.4 Å². The van der Waals surface area contributed by atoms with Gasteiger partial charge in [0.25, 0.3) is 5.89 Å². The zero-order valence-corrected chi connectivity index (χ0v) is 14.4. The predicted molar refractivity (Wildman–Crippen MR) is 94.3 cm³/mol. The summed E-state index contributed by atoms with van der Waals surface area (Å²) in [5.74, 6) is 1.73. The molecule has 26 heavy (non-hydrogen) atoms. The van der Waals surface area contributed by atoms with Crippen LogP contribution in [0.3, 0.4) is 0 Å². The average molecular weight is 353 g/mol. The molecule has 0 atom stereocenters. The highest BCUT2D eigenvalue weighted by Crippen LogP contribution is 2.23. The van der Waals surface area contributed by atoms with Crippen LogP contribution in [0.2, 0.25) is 0 Å². The summed E-state index contributed by atoms with van der Waals surface area (Å²) in [7, 11) is 0. The molecule has 1 fully saturated rings. The minimum atomic E-state index is 0.178. The molecule has 4 heterocycles. The summed E-state index contributed by atoms with van der Waals surface area (Å²) in [6.45, 7) is 3.43. The van der Waals surface area contributed by atoms with E-state index in [1.165, 1.54) is 0 Å². The molecular formula is C18H19N5O3. The highest BCUT2D eigenvalue weighted by molar-refractivity contribution is 5.53. The lowest BCUT2D eigenvalue weighted by molar-refractivity contribution is 0.0254. The van der Waals surface area contributed by atoms with E-state index >= 15 is 0 Å². The van der Waals surface area contributed by atoms with Crippen LogP contribution in [-0.2, 0) is 4.74 Å². The van der Waals surface area contributed by atoms with Gasteiger partial charge in [0, 0.05) is 19.0 Å². The molecule has 0 amide bonds. The van der Waals surface area contributed by atoms with Crippen molar-refractivity contribution in [3.63, 3.8) is 0 Å². The number of ether oxygens (including phenoxy) is 2. The standard InChI is InChI=1S/C18H19N5O3/c1-12-3-2-8-19-16(12)21-18-23-22-17(26-18)15-5-4-14(11-20-15)25-13-6-9-24-10-7-13/h2-5,8,11,13H,6-7,9-10H2,1H3,(H,19,21,23).